The van der Waals surface area contributed by atoms with Gasteiger partial charge in [0, 0.05) is 12.8 Å². The van der Waals surface area contributed by atoms with Crippen LogP contribution in [0.25, 0.3) is 0 Å². The van der Waals surface area contributed by atoms with Gasteiger partial charge in [0.1, 0.15) is 13.2 Å². The quantitative estimate of drug-likeness (QED) is 0.0262. The van der Waals surface area contributed by atoms with Crippen molar-refractivity contribution in [1.29, 1.82) is 0 Å². The summed E-state index contributed by atoms with van der Waals surface area (Å²) in [6, 6.07) is 0. The SMILES string of the molecule is CC/C=C\C/C=C\C/C=C\C/C=C\C/C=C\CC(=O)OC(COC(=O)CCCCCCC/C=C\C/C=C\C/C=C\CC)COC(=O)CCCCCCCCCCCCCCCCCC. The third-order valence-corrected chi connectivity index (χ3v) is 10.9. The second-order valence-electron chi connectivity index (χ2n) is 17.0. The van der Waals surface area contributed by atoms with E-state index >= 15 is 0 Å². The minimum Gasteiger partial charge on any atom is -0.462 e. The molecule has 0 aromatic rings. The maximum atomic E-state index is 12.7. The first kappa shape index (κ1) is 60.3. The average Bonchev–Trinajstić information content (AvgIpc) is 3.29. The molecule has 6 nitrogen and oxygen atoms in total. The molecule has 64 heavy (non-hydrogen) atoms. The van der Waals surface area contributed by atoms with Gasteiger partial charge in [-0.05, 0) is 77.0 Å². The molecule has 0 saturated carbocycles. The summed E-state index contributed by atoms with van der Waals surface area (Å²) in [5.41, 5.74) is 0. The maximum absolute atomic E-state index is 12.7. The van der Waals surface area contributed by atoms with E-state index in [-0.39, 0.29) is 31.6 Å². The molecule has 0 saturated heterocycles. The lowest BCUT2D eigenvalue weighted by atomic mass is 10.0. The Kier molecular flexibility index (Phi) is 49.0. The van der Waals surface area contributed by atoms with E-state index in [2.05, 4.69) is 106 Å². The van der Waals surface area contributed by atoms with Crippen LogP contribution in [0.2, 0.25) is 0 Å². The molecule has 6 heteroatoms. The number of esters is 3. The molecule has 0 N–H and O–H groups in total. The Labute approximate surface area is 394 Å². The van der Waals surface area contributed by atoms with Crippen molar-refractivity contribution in [3.8, 4) is 0 Å². The fourth-order valence-electron chi connectivity index (χ4n) is 7.00. The zero-order valence-electron chi connectivity index (χ0n) is 41.5. The first-order valence-corrected chi connectivity index (χ1v) is 26.2. The Balaban J connectivity index is 4.52. The van der Waals surface area contributed by atoms with Crippen LogP contribution in [-0.4, -0.2) is 37.2 Å². The molecule has 0 aliphatic carbocycles. The van der Waals surface area contributed by atoms with E-state index in [0.29, 0.717) is 12.8 Å². The van der Waals surface area contributed by atoms with E-state index < -0.39 is 12.1 Å². The van der Waals surface area contributed by atoms with E-state index in [0.717, 1.165) is 109 Å². The standard InChI is InChI=1S/C58H96O6/c1-4-7-10-13-16-19-22-25-28-31-33-36-39-42-45-48-51-57(60)63-54-55(64-58(61)52-49-46-43-40-37-34-30-27-24-21-18-15-12-9-6-3)53-62-56(59)50-47-44-41-38-35-32-29-26-23-20-17-14-11-8-5-2/h8-9,11-12,17-18,20-21,26-27,29-30,37,40,46,49,55H,4-7,10,13-16,19,22-25,28,31-36,38-39,41-45,47-48,50-54H2,1-3H3/b11-8-,12-9-,20-17-,21-18-,29-26-,30-27-,40-37-,49-46-. The summed E-state index contributed by atoms with van der Waals surface area (Å²) in [6.45, 7) is 6.31. The summed E-state index contributed by atoms with van der Waals surface area (Å²) in [4.78, 5) is 37.9. The van der Waals surface area contributed by atoms with Crippen molar-refractivity contribution in [2.24, 2.45) is 0 Å². The number of ether oxygens (including phenoxy) is 3. The van der Waals surface area contributed by atoms with E-state index in [4.69, 9.17) is 14.2 Å². The highest BCUT2D eigenvalue weighted by Gasteiger charge is 2.19. The predicted molar refractivity (Wildman–Crippen MR) is 274 cm³/mol. The van der Waals surface area contributed by atoms with Crippen molar-refractivity contribution >= 4 is 17.9 Å². The Hall–Kier alpha value is -3.67. The Morgan fingerprint density at radius 3 is 1.03 bits per heavy atom. The lowest BCUT2D eigenvalue weighted by Gasteiger charge is -2.18. The van der Waals surface area contributed by atoms with Gasteiger partial charge in [-0.25, -0.2) is 0 Å². The number of unbranched alkanes of at least 4 members (excludes halogenated alkanes) is 20. The number of allylic oxidation sites excluding steroid dienone is 15. The maximum Gasteiger partial charge on any atom is 0.310 e. The normalized spacial score (nSPS) is 12.9. The molecule has 364 valence electrons. The van der Waals surface area contributed by atoms with Crippen LogP contribution in [0.15, 0.2) is 97.2 Å². The molecule has 0 rings (SSSR count). The average molecular weight is 889 g/mol. The van der Waals surface area contributed by atoms with Crippen molar-refractivity contribution < 1.29 is 28.6 Å². The Morgan fingerprint density at radius 1 is 0.344 bits per heavy atom. The first-order valence-electron chi connectivity index (χ1n) is 26.2. The molecule has 0 aliphatic rings. The third kappa shape index (κ3) is 49.3. The summed E-state index contributed by atoms with van der Waals surface area (Å²) in [7, 11) is 0. The van der Waals surface area contributed by atoms with Crippen molar-refractivity contribution in [3.05, 3.63) is 97.2 Å². The molecule has 0 bridgehead atoms. The van der Waals surface area contributed by atoms with E-state index in [1.165, 1.54) is 83.5 Å². The van der Waals surface area contributed by atoms with Crippen molar-refractivity contribution in [1.82, 2.24) is 0 Å². The Morgan fingerprint density at radius 2 is 0.656 bits per heavy atom. The van der Waals surface area contributed by atoms with Crippen LogP contribution < -0.4 is 0 Å². The predicted octanol–water partition coefficient (Wildman–Crippen LogP) is 17.4. The molecule has 0 fully saturated rings. The summed E-state index contributed by atoms with van der Waals surface area (Å²) in [5.74, 6) is -1.07. The summed E-state index contributed by atoms with van der Waals surface area (Å²) >= 11 is 0. The summed E-state index contributed by atoms with van der Waals surface area (Å²) < 4.78 is 16.7. The van der Waals surface area contributed by atoms with Crippen LogP contribution in [0.1, 0.15) is 233 Å². The van der Waals surface area contributed by atoms with Crippen LogP contribution in [-0.2, 0) is 28.6 Å². The van der Waals surface area contributed by atoms with Gasteiger partial charge >= 0.3 is 17.9 Å². The molecule has 0 aromatic carbocycles. The van der Waals surface area contributed by atoms with Crippen LogP contribution >= 0.6 is 0 Å². The van der Waals surface area contributed by atoms with Crippen LogP contribution in [0, 0.1) is 0 Å². The molecule has 0 heterocycles. The van der Waals surface area contributed by atoms with Gasteiger partial charge in [-0.15, -0.1) is 0 Å². The van der Waals surface area contributed by atoms with E-state index in [1.54, 1.807) is 6.08 Å². The molecule has 0 aromatic heterocycles. The number of hydrogen-bond donors (Lipinski definition) is 0. The second-order valence-corrected chi connectivity index (χ2v) is 17.0. The summed E-state index contributed by atoms with van der Waals surface area (Å²) in [6.07, 6.45) is 68.5. The number of rotatable bonds is 46. The minimum atomic E-state index is -0.838. The van der Waals surface area contributed by atoms with Gasteiger partial charge in [-0.1, -0.05) is 234 Å². The van der Waals surface area contributed by atoms with Gasteiger partial charge in [0.15, 0.2) is 6.10 Å². The van der Waals surface area contributed by atoms with Crippen molar-refractivity contribution in [2.75, 3.05) is 13.2 Å². The van der Waals surface area contributed by atoms with Crippen molar-refractivity contribution in [2.45, 2.75) is 239 Å². The Bertz CT molecular complexity index is 1300. The second kappa shape index (κ2) is 52.0. The highest BCUT2D eigenvalue weighted by atomic mass is 16.6. The molecule has 0 radical (unpaired) electrons. The lowest BCUT2D eigenvalue weighted by Crippen LogP contribution is -2.30. The van der Waals surface area contributed by atoms with Gasteiger partial charge < -0.3 is 14.2 Å². The molecule has 1 atom stereocenters. The van der Waals surface area contributed by atoms with Crippen molar-refractivity contribution in [3.63, 3.8) is 0 Å². The van der Waals surface area contributed by atoms with Crippen LogP contribution in [0.4, 0.5) is 0 Å². The first-order chi connectivity index (χ1) is 31.5. The third-order valence-electron chi connectivity index (χ3n) is 10.9. The van der Waals surface area contributed by atoms with Crippen LogP contribution in [0.5, 0.6) is 0 Å². The molecule has 0 aliphatic heterocycles. The molecule has 1 unspecified atom stereocenters. The van der Waals surface area contributed by atoms with Crippen LogP contribution in [0.3, 0.4) is 0 Å². The lowest BCUT2D eigenvalue weighted by molar-refractivity contribution is -0.166. The highest BCUT2D eigenvalue weighted by molar-refractivity contribution is 5.72. The summed E-state index contributed by atoms with van der Waals surface area (Å²) in [5, 5.41) is 0. The zero-order valence-corrected chi connectivity index (χ0v) is 41.5. The van der Waals surface area contributed by atoms with Gasteiger partial charge in [-0.3, -0.25) is 14.4 Å². The van der Waals surface area contributed by atoms with Gasteiger partial charge in [0.05, 0.1) is 6.42 Å². The molecule has 0 amide bonds. The number of hydrogen-bond acceptors (Lipinski definition) is 6. The largest absolute Gasteiger partial charge is 0.462 e. The van der Waals surface area contributed by atoms with E-state index in [1.807, 2.05) is 6.08 Å². The topological polar surface area (TPSA) is 78.9 Å². The van der Waals surface area contributed by atoms with Gasteiger partial charge in [0.25, 0.3) is 0 Å². The molecule has 0 spiro atoms. The number of carbonyl (C=O) groups excluding carboxylic acids is 3. The highest BCUT2D eigenvalue weighted by Crippen LogP contribution is 2.15. The van der Waals surface area contributed by atoms with Gasteiger partial charge in [0.2, 0.25) is 0 Å². The van der Waals surface area contributed by atoms with Gasteiger partial charge in [-0.2, -0.15) is 0 Å². The van der Waals surface area contributed by atoms with E-state index in [9.17, 15) is 14.4 Å². The minimum absolute atomic E-state index is 0.0922. The fourth-order valence-corrected chi connectivity index (χ4v) is 7.00. The number of carbonyl (C=O) groups is 3. The molecular weight excluding hydrogens is 793 g/mol. The smallest absolute Gasteiger partial charge is 0.310 e. The fraction of sp³-hybridized carbons (Fsp3) is 0.672. The monoisotopic (exact) mass is 889 g/mol. The molecular formula is C58H96O6. The zero-order chi connectivity index (χ0) is 46.5.